The quantitative estimate of drug-likeness (QED) is 0.612. The van der Waals surface area contributed by atoms with Crippen LogP contribution < -0.4 is 15.5 Å². The number of nitrogens with zero attached hydrogens (tertiary/aromatic N) is 1. The first-order valence-corrected chi connectivity index (χ1v) is 12.0. The Hall–Kier alpha value is -2.33. The van der Waals surface area contributed by atoms with Crippen LogP contribution in [-0.4, -0.2) is 46.7 Å². The van der Waals surface area contributed by atoms with E-state index in [4.69, 9.17) is 30.4 Å². The summed E-state index contributed by atoms with van der Waals surface area (Å²) in [7, 11) is -0.820. The summed E-state index contributed by atoms with van der Waals surface area (Å²) in [5.41, 5.74) is -1.95. The fraction of sp³-hybridized carbons (Fsp3) is 0.520. The average molecular weight is 503 g/mol. The van der Waals surface area contributed by atoms with E-state index in [9.17, 15) is 9.90 Å². The lowest BCUT2D eigenvalue weighted by Crippen LogP contribution is -2.49. The second kappa shape index (κ2) is 8.66. The van der Waals surface area contributed by atoms with Crippen molar-refractivity contribution in [3.63, 3.8) is 0 Å². The van der Waals surface area contributed by atoms with E-state index in [0.717, 1.165) is 0 Å². The molecular weight excluding hydrogens is 471 g/mol. The van der Waals surface area contributed by atoms with Gasteiger partial charge >= 0.3 is 13.2 Å². The molecule has 2 aliphatic rings. The lowest BCUT2D eigenvalue weighted by Gasteiger charge is -2.32. The summed E-state index contributed by atoms with van der Waals surface area (Å²) in [5.74, 6) is 0.406. The Morgan fingerprint density at radius 2 is 1.83 bits per heavy atom. The van der Waals surface area contributed by atoms with Crippen molar-refractivity contribution in [3.8, 4) is 5.75 Å². The molecule has 0 spiro atoms. The van der Waals surface area contributed by atoms with E-state index < -0.39 is 41.7 Å². The summed E-state index contributed by atoms with van der Waals surface area (Å²) in [6, 6.07) is 8.66. The molecule has 0 aliphatic carbocycles. The van der Waals surface area contributed by atoms with Crippen LogP contribution in [0.25, 0.3) is 0 Å². The van der Waals surface area contributed by atoms with Gasteiger partial charge in [-0.15, -0.1) is 0 Å². The maximum atomic E-state index is 12.5. The largest absolute Gasteiger partial charge is 0.496 e. The number of alkyl carbamates (subject to hydrolysis) is 1. The normalized spacial score (nSPS) is 24.6. The van der Waals surface area contributed by atoms with E-state index >= 15 is 0 Å². The van der Waals surface area contributed by atoms with Crippen LogP contribution in [0.3, 0.4) is 0 Å². The highest BCUT2D eigenvalue weighted by Crippen LogP contribution is 2.49. The van der Waals surface area contributed by atoms with E-state index in [1.807, 2.05) is 27.7 Å². The van der Waals surface area contributed by atoms with Crippen molar-refractivity contribution in [2.45, 2.75) is 77.0 Å². The van der Waals surface area contributed by atoms with Gasteiger partial charge in [0.05, 0.1) is 23.4 Å². The fourth-order valence-electron chi connectivity index (χ4n) is 4.19. The number of aliphatic hydroxyl groups excluding tert-OH is 1. The second-order valence-corrected chi connectivity index (χ2v) is 11.3. The predicted octanol–water partition coefficient (Wildman–Crippen LogP) is 3.88. The number of nitrogens with one attached hydrogen (secondary N) is 1. The van der Waals surface area contributed by atoms with Gasteiger partial charge in [0.25, 0.3) is 0 Å². The molecular formula is C25H32BClN2O6. The van der Waals surface area contributed by atoms with Crippen LogP contribution in [-0.2, 0) is 19.6 Å². The number of halogens is 1. The van der Waals surface area contributed by atoms with E-state index in [-0.39, 0.29) is 6.54 Å². The van der Waals surface area contributed by atoms with Crippen LogP contribution in [0.4, 0.5) is 4.79 Å². The highest BCUT2D eigenvalue weighted by Gasteiger charge is 2.57. The van der Waals surface area contributed by atoms with E-state index in [1.165, 1.54) is 0 Å². The molecule has 2 N–H and O–H groups in total. The number of benzene rings is 1. The molecule has 0 bridgehead atoms. The highest BCUT2D eigenvalue weighted by molar-refractivity contribution is 6.66. The molecule has 4 rings (SSSR count). The van der Waals surface area contributed by atoms with Crippen LogP contribution in [0.2, 0.25) is 5.02 Å². The number of carbonyl (C=O) groups is 1. The summed E-state index contributed by atoms with van der Waals surface area (Å²) in [6.45, 7) is 13.0. The zero-order valence-electron chi connectivity index (χ0n) is 21.1. The van der Waals surface area contributed by atoms with Crippen LogP contribution in [0, 0.1) is 0 Å². The summed E-state index contributed by atoms with van der Waals surface area (Å²) < 4.78 is 24.3. The molecule has 8 nitrogen and oxygen atoms in total. The monoisotopic (exact) mass is 502 g/mol. The summed E-state index contributed by atoms with van der Waals surface area (Å²) in [4.78, 5) is 16.9. The van der Waals surface area contributed by atoms with Gasteiger partial charge in [-0.05, 0) is 72.7 Å². The first-order chi connectivity index (χ1) is 16.2. The van der Waals surface area contributed by atoms with Crippen molar-refractivity contribution >= 4 is 30.3 Å². The number of pyridine rings is 1. The van der Waals surface area contributed by atoms with Crippen molar-refractivity contribution < 1.29 is 28.7 Å². The molecule has 2 aromatic rings. The Kier molecular flexibility index (Phi) is 6.37. The molecule has 2 atom stereocenters. The highest BCUT2D eigenvalue weighted by atomic mass is 35.5. The molecule has 3 heterocycles. The van der Waals surface area contributed by atoms with Crippen LogP contribution in [0.15, 0.2) is 36.5 Å². The lowest BCUT2D eigenvalue weighted by molar-refractivity contribution is -0.0364. The van der Waals surface area contributed by atoms with Crippen LogP contribution in [0.5, 0.6) is 5.75 Å². The minimum atomic E-state index is -1.43. The van der Waals surface area contributed by atoms with Crippen molar-refractivity contribution in [2.75, 3.05) is 6.54 Å². The number of fused-ring (bicyclic) bond motifs is 1. The number of carbonyl (C=O) groups excluding carboxylic acids is 1. The SMILES string of the molecule is CC(C)(C)OC(=O)NCC1(c2ccccn2)Oc2ccc(Cl)c(B3OC(C)(C)C(C)(C)O3)c2[C@@H]1O. The lowest BCUT2D eigenvalue weighted by atomic mass is 9.73. The minimum absolute atomic E-state index is 0.102. The van der Waals surface area contributed by atoms with Gasteiger partial charge in [0, 0.05) is 22.2 Å². The standard InChI is InChI=1S/C25H32BClN2O6/c1-22(2,3)33-21(31)29-14-25(17-10-8-9-13-28-17)20(30)18-16(32-25)12-11-15(27)19(18)26-34-23(4,5)24(6,7)35-26/h8-13,20,30H,14H2,1-7H3,(H,29,31)/t20-,25?/m0/s1. The molecule has 1 amide bonds. The molecule has 35 heavy (non-hydrogen) atoms. The van der Waals surface area contributed by atoms with E-state index in [0.29, 0.717) is 27.5 Å². The number of aliphatic hydroxyl groups is 1. The number of aromatic nitrogens is 1. The van der Waals surface area contributed by atoms with Gasteiger partial charge < -0.3 is 29.2 Å². The number of hydrogen-bond donors (Lipinski definition) is 2. The number of amides is 1. The Bertz CT molecular complexity index is 1100. The van der Waals surface area contributed by atoms with Crippen molar-refractivity contribution in [2.24, 2.45) is 0 Å². The Labute approximate surface area is 211 Å². The minimum Gasteiger partial charge on any atom is -0.476 e. The second-order valence-electron chi connectivity index (χ2n) is 10.9. The molecule has 0 radical (unpaired) electrons. The molecule has 1 aromatic carbocycles. The Morgan fingerprint density at radius 3 is 2.40 bits per heavy atom. The van der Waals surface area contributed by atoms with Gasteiger partial charge in [0.2, 0.25) is 0 Å². The first-order valence-electron chi connectivity index (χ1n) is 11.6. The number of ether oxygens (including phenoxy) is 2. The summed E-state index contributed by atoms with van der Waals surface area (Å²) >= 11 is 6.65. The van der Waals surface area contributed by atoms with Gasteiger partial charge in [0.1, 0.15) is 17.5 Å². The predicted molar refractivity (Wildman–Crippen MR) is 133 cm³/mol. The third-order valence-electron chi connectivity index (χ3n) is 6.68. The van der Waals surface area contributed by atoms with Gasteiger partial charge in [-0.2, -0.15) is 0 Å². The van der Waals surface area contributed by atoms with Gasteiger partial charge in [-0.1, -0.05) is 17.7 Å². The molecule has 1 saturated heterocycles. The molecule has 2 aliphatic heterocycles. The van der Waals surface area contributed by atoms with E-state index in [1.54, 1.807) is 57.3 Å². The smallest absolute Gasteiger partial charge is 0.476 e. The van der Waals surface area contributed by atoms with Gasteiger partial charge in [0.15, 0.2) is 5.60 Å². The summed E-state index contributed by atoms with van der Waals surface area (Å²) in [6.07, 6.45) is -0.273. The Balaban J connectivity index is 1.75. The van der Waals surface area contributed by atoms with Crippen molar-refractivity contribution in [1.82, 2.24) is 10.3 Å². The third-order valence-corrected chi connectivity index (χ3v) is 7.01. The average Bonchev–Trinajstić information content (AvgIpc) is 3.15. The van der Waals surface area contributed by atoms with Crippen molar-refractivity contribution in [3.05, 3.63) is 52.8 Å². The molecule has 188 valence electrons. The zero-order valence-corrected chi connectivity index (χ0v) is 21.9. The van der Waals surface area contributed by atoms with E-state index in [2.05, 4.69) is 10.3 Å². The van der Waals surface area contributed by atoms with Gasteiger partial charge in [-0.3, -0.25) is 4.98 Å². The van der Waals surface area contributed by atoms with Crippen molar-refractivity contribution in [1.29, 1.82) is 0 Å². The molecule has 10 heteroatoms. The molecule has 1 unspecified atom stereocenters. The molecule has 0 saturated carbocycles. The van der Waals surface area contributed by atoms with Crippen LogP contribution in [0.1, 0.15) is 65.8 Å². The fourth-order valence-corrected chi connectivity index (χ4v) is 4.45. The number of rotatable bonds is 4. The maximum absolute atomic E-state index is 12.5. The topological polar surface area (TPSA) is 99.1 Å². The number of hydrogen-bond acceptors (Lipinski definition) is 7. The first kappa shape index (κ1) is 25.8. The third kappa shape index (κ3) is 4.62. The molecule has 1 aromatic heterocycles. The zero-order chi connectivity index (χ0) is 25.8. The summed E-state index contributed by atoms with van der Waals surface area (Å²) in [5, 5.41) is 14.9. The Morgan fingerprint density at radius 1 is 1.17 bits per heavy atom. The molecule has 1 fully saturated rings. The van der Waals surface area contributed by atoms with Crippen LogP contribution >= 0.6 is 11.6 Å². The maximum Gasteiger partial charge on any atom is 0.496 e. The van der Waals surface area contributed by atoms with Gasteiger partial charge in [-0.25, -0.2) is 4.79 Å².